The second-order valence-electron chi connectivity index (χ2n) is 6.17. The molecule has 0 saturated carbocycles. The first kappa shape index (κ1) is 16.3. The lowest BCUT2D eigenvalue weighted by Crippen LogP contribution is -2.34. The van der Waals surface area contributed by atoms with Gasteiger partial charge in [0.15, 0.2) is 0 Å². The standard InChI is InChI=1S/C19H21N3O2S/c1-3-16-15-9-11-25-17(15)8-10-22(16)12-18-20-21-19(24-18)13-4-6-14(23-2)7-5-13/h4-7,9,11,16H,3,8,10,12H2,1-2H3. The van der Waals surface area contributed by atoms with E-state index in [1.165, 1.54) is 10.4 Å². The summed E-state index contributed by atoms with van der Waals surface area (Å²) >= 11 is 1.87. The van der Waals surface area contributed by atoms with E-state index in [0.717, 1.165) is 30.7 Å². The minimum Gasteiger partial charge on any atom is -0.497 e. The van der Waals surface area contributed by atoms with Crippen LogP contribution in [0.15, 0.2) is 40.1 Å². The first-order valence-corrected chi connectivity index (χ1v) is 9.43. The molecule has 0 amide bonds. The second kappa shape index (κ2) is 6.98. The molecule has 1 aromatic carbocycles. The molecular weight excluding hydrogens is 334 g/mol. The molecule has 1 aliphatic heterocycles. The van der Waals surface area contributed by atoms with Gasteiger partial charge in [-0.15, -0.1) is 21.5 Å². The lowest BCUT2D eigenvalue weighted by Gasteiger charge is -2.34. The zero-order valence-electron chi connectivity index (χ0n) is 14.4. The van der Waals surface area contributed by atoms with Gasteiger partial charge >= 0.3 is 0 Å². The minimum absolute atomic E-state index is 0.436. The van der Waals surface area contributed by atoms with E-state index < -0.39 is 0 Å². The van der Waals surface area contributed by atoms with Crippen molar-refractivity contribution in [3.05, 3.63) is 52.0 Å². The molecule has 4 rings (SSSR count). The van der Waals surface area contributed by atoms with Crippen molar-refractivity contribution in [3.63, 3.8) is 0 Å². The largest absolute Gasteiger partial charge is 0.497 e. The van der Waals surface area contributed by atoms with Gasteiger partial charge in [-0.25, -0.2) is 0 Å². The molecule has 1 atom stereocenters. The summed E-state index contributed by atoms with van der Waals surface area (Å²) in [5.74, 6) is 2.04. The van der Waals surface area contributed by atoms with E-state index in [1.807, 2.05) is 35.6 Å². The third-order valence-corrected chi connectivity index (χ3v) is 5.73. The van der Waals surface area contributed by atoms with E-state index in [4.69, 9.17) is 9.15 Å². The highest BCUT2D eigenvalue weighted by atomic mass is 32.1. The molecule has 0 fully saturated rings. The molecule has 25 heavy (non-hydrogen) atoms. The Morgan fingerprint density at radius 3 is 2.84 bits per heavy atom. The second-order valence-corrected chi connectivity index (χ2v) is 7.17. The van der Waals surface area contributed by atoms with Gasteiger partial charge in [0, 0.05) is 23.0 Å². The summed E-state index contributed by atoms with van der Waals surface area (Å²) < 4.78 is 11.1. The molecule has 0 spiro atoms. The molecule has 6 heteroatoms. The van der Waals surface area contributed by atoms with Crippen LogP contribution in [0.2, 0.25) is 0 Å². The zero-order chi connectivity index (χ0) is 17.2. The normalized spacial score (nSPS) is 17.4. The Labute approximate surface area is 151 Å². The van der Waals surface area contributed by atoms with Crippen molar-refractivity contribution in [3.8, 4) is 17.2 Å². The predicted octanol–water partition coefficient (Wildman–Crippen LogP) is 4.32. The van der Waals surface area contributed by atoms with E-state index in [-0.39, 0.29) is 0 Å². The summed E-state index contributed by atoms with van der Waals surface area (Å²) in [6.07, 6.45) is 2.19. The van der Waals surface area contributed by atoms with Crippen molar-refractivity contribution in [2.75, 3.05) is 13.7 Å². The van der Waals surface area contributed by atoms with Gasteiger partial charge in [0.05, 0.1) is 13.7 Å². The van der Waals surface area contributed by atoms with Crippen LogP contribution >= 0.6 is 11.3 Å². The Morgan fingerprint density at radius 1 is 1.24 bits per heavy atom. The Hall–Kier alpha value is -2.18. The number of hydrogen-bond acceptors (Lipinski definition) is 6. The Kier molecular flexibility index (Phi) is 4.55. The van der Waals surface area contributed by atoms with Gasteiger partial charge in [-0.05, 0) is 54.1 Å². The van der Waals surface area contributed by atoms with Crippen LogP contribution in [0.1, 0.15) is 35.7 Å². The zero-order valence-corrected chi connectivity index (χ0v) is 15.3. The van der Waals surface area contributed by atoms with Crippen molar-refractivity contribution >= 4 is 11.3 Å². The van der Waals surface area contributed by atoms with E-state index in [1.54, 1.807) is 7.11 Å². The van der Waals surface area contributed by atoms with Crippen molar-refractivity contribution in [1.29, 1.82) is 0 Å². The summed E-state index contributed by atoms with van der Waals surface area (Å²) in [6.45, 7) is 3.96. The molecule has 0 aliphatic carbocycles. The number of nitrogens with zero attached hydrogens (tertiary/aromatic N) is 3. The quantitative estimate of drug-likeness (QED) is 0.682. The van der Waals surface area contributed by atoms with Crippen LogP contribution in [0, 0.1) is 0 Å². The van der Waals surface area contributed by atoms with Gasteiger partial charge in [0.1, 0.15) is 5.75 Å². The van der Waals surface area contributed by atoms with Crippen LogP contribution in [0.25, 0.3) is 11.5 Å². The highest BCUT2D eigenvalue weighted by molar-refractivity contribution is 7.10. The highest BCUT2D eigenvalue weighted by Crippen LogP contribution is 2.36. The monoisotopic (exact) mass is 355 g/mol. The third kappa shape index (κ3) is 3.19. The van der Waals surface area contributed by atoms with E-state index >= 15 is 0 Å². The van der Waals surface area contributed by atoms with Gasteiger partial charge in [0.2, 0.25) is 11.8 Å². The number of ether oxygens (including phenoxy) is 1. The molecule has 0 radical (unpaired) electrons. The summed E-state index contributed by atoms with van der Waals surface area (Å²) in [6, 6.07) is 10.4. The van der Waals surface area contributed by atoms with Crippen LogP contribution in [0.5, 0.6) is 5.75 Å². The summed E-state index contributed by atoms with van der Waals surface area (Å²) in [5, 5.41) is 10.7. The topological polar surface area (TPSA) is 51.4 Å². The molecule has 130 valence electrons. The molecular formula is C19H21N3O2S. The van der Waals surface area contributed by atoms with Gasteiger partial charge in [-0.1, -0.05) is 6.92 Å². The fourth-order valence-electron chi connectivity index (χ4n) is 3.46. The first-order valence-electron chi connectivity index (χ1n) is 8.55. The average Bonchev–Trinajstić information content (AvgIpc) is 3.31. The highest BCUT2D eigenvalue weighted by Gasteiger charge is 2.28. The molecule has 5 nitrogen and oxygen atoms in total. The predicted molar refractivity (Wildman–Crippen MR) is 97.8 cm³/mol. The summed E-state index contributed by atoms with van der Waals surface area (Å²) in [4.78, 5) is 3.97. The van der Waals surface area contributed by atoms with Crippen molar-refractivity contribution < 1.29 is 9.15 Å². The number of thiophene rings is 1. The SMILES string of the molecule is CCC1c2ccsc2CCN1Cc1nnc(-c2ccc(OC)cc2)o1. The summed E-state index contributed by atoms with van der Waals surface area (Å²) in [7, 11) is 1.65. The first-order chi connectivity index (χ1) is 12.3. The van der Waals surface area contributed by atoms with Crippen molar-refractivity contribution in [2.45, 2.75) is 32.4 Å². The third-order valence-electron chi connectivity index (χ3n) is 4.73. The smallest absolute Gasteiger partial charge is 0.247 e. The number of benzene rings is 1. The number of rotatable bonds is 5. The Balaban J connectivity index is 1.51. The Bertz CT molecular complexity index is 840. The van der Waals surface area contributed by atoms with Crippen LogP contribution in [-0.2, 0) is 13.0 Å². The maximum atomic E-state index is 5.91. The number of aromatic nitrogens is 2. The van der Waals surface area contributed by atoms with Crippen LogP contribution < -0.4 is 4.74 Å². The Morgan fingerprint density at radius 2 is 2.08 bits per heavy atom. The van der Waals surface area contributed by atoms with E-state index in [0.29, 0.717) is 24.4 Å². The van der Waals surface area contributed by atoms with Crippen molar-refractivity contribution in [1.82, 2.24) is 15.1 Å². The molecule has 1 aliphatic rings. The molecule has 3 aromatic rings. The minimum atomic E-state index is 0.436. The van der Waals surface area contributed by atoms with Gasteiger partial charge in [0.25, 0.3) is 0 Å². The van der Waals surface area contributed by atoms with Crippen LogP contribution in [-0.4, -0.2) is 28.8 Å². The van der Waals surface area contributed by atoms with Crippen LogP contribution in [0.4, 0.5) is 0 Å². The van der Waals surface area contributed by atoms with E-state index in [2.05, 4.69) is 33.5 Å². The van der Waals surface area contributed by atoms with Crippen LogP contribution in [0.3, 0.4) is 0 Å². The van der Waals surface area contributed by atoms with Crippen molar-refractivity contribution in [2.24, 2.45) is 0 Å². The average molecular weight is 355 g/mol. The number of hydrogen-bond donors (Lipinski definition) is 0. The lowest BCUT2D eigenvalue weighted by molar-refractivity contribution is 0.157. The lowest BCUT2D eigenvalue weighted by atomic mass is 9.98. The van der Waals surface area contributed by atoms with E-state index in [9.17, 15) is 0 Å². The molecule has 2 aromatic heterocycles. The number of methoxy groups -OCH3 is 1. The fourth-order valence-corrected chi connectivity index (χ4v) is 4.39. The number of fused-ring (bicyclic) bond motifs is 1. The summed E-state index contributed by atoms with van der Waals surface area (Å²) in [5.41, 5.74) is 2.37. The molecule has 0 saturated heterocycles. The molecule has 3 heterocycles. The molecule has 0 N–H and O–H groups in total. The van der Waals surface area contributed by atoms with Gasteiger partial charge in [-0.3, -0.25) is 4.90 Å². The maximum absolute atomic E-state index is 5.91. The van der Waals surface area contributed by atoms with Gasteiger partial charge < -0.3 is 9.15 Å². The van der Waals surface area contributed by atoms with Gasteiger partial charge in [-0.2, -0.15) is 0 Å². The fraction of sp³-hybridized carbons (Fsp3) is 0.368. The molecule has 0 bridgehead atoms. The molecule has 1 unspecified atom stereocenters. The maximum Gasteiger partial charge on any atom is 0.247 e.